The van der Waals surface area contributed by atoms with E-state index in [9.17, 15) is 31.5 Å². The first kappa shape index (κ1) is 26.2. The van der Waals surface area contributed by atoms with Crippen LogP contribution >= 0.6 is 0 Å². The average molecular weight is 540 g/mol. The Morgan fingerprint density at radius 3 is 2.41 bits per heavy atom. The van der Waals surface area contributed by atoms with Crippen LogP contribution in [0.15, 0.2) is 78.8 Å². The molecule has 2 amide bonds. The summed E-state index contributed by atoms with van der Waals surface area (Å²) < 4.78 is 68.6. The van der Waals surface area contributed by atoms with E-state index in [1.807, 2.05) is 0 Å². The molecule has 1 N–H and O–H groups in total. The SMILES string of the molecule is CC1(C)C(=O)N(c2ncccn2)C2=CC=CC(c3ccc(C(F)(F)F)c(C(=O)Nc4ccc(F)c(F)c4)c3)C21. The lowest BCUT2D eigenvalue weighted by molar-refractivity contribution is -0.137. The molecule has 1 fully saturated rings. The van der Waals surface area contributed by atoms with Crippen LogP contribution in [-0.4, -0.2) is 21.8 Å². The van der Waals surface area contributed by atoms with E-state index >= 15 is 0 Å². The van der Waals surface area contributed by atoms with Crippen LogP contribution in [0.4, 0.5) is 33.6 Å². The van der Waals surface area contributed by atoms with Gasteiger partial charge in [0.2, 0.25) is 11.9 Å². The Balaban J connectivity index is 1.56. The minimum atomic E-state index is -4.86. The summed E-state index contributed by atoms with van der Waals surface area (Å²) >= 11 is 0. The number of aromatic nitrogens is 2. The van der Waals surface area contributed by atoms with Crippen molar-refractivity contribution in [3.8, 4) is 0 Å². The van der Waals surface area contributed by atoms with E-state index in [1.165, 1.54) is 23.4 Å². The number of rotatable bonds is 4. The fourth-order valence-electron chi connectivity index (χ4n) is 5.14. The van der Waals surface area contributed by atoms with Crippen molar-refractivity contribution < 1.29 is 31.5 Å². The minimum absolute atomic E-state index is 0.178. The summed E-state index contributed by atoms with van der Waals surface area (Å²) in [5.74, 6) is -4.74. The molecule has 5 rings (SSSR count). The minimum Gasteiger partial charge on any atom is -0.322 e. The van der Waals surface area contributed by atoms with Gasteiger partial charge in [-0.05, 0) is 42.0 Å². The number of amides is 2. The average Bonchev–Trinajstić information content (AvgIpc) is 3.11. The second-order valence-electron chi connectivity index (χ2n) is 9.78. The number of nitrogens with one attached hydrogen (secondary N) is 1. The maximum Gasteiger partial charge on any atom is 0.417 e. The zero-order valence-corrected chi connectivity index (χ0v) is 20.6. The molecule has 2 aliphatic rings. The number of allylic oxidation sites excluding steroid dienone is 4. The fraction of sp³-hybridized carbons (Fsp3) is 0.214. The Kier molecular flexibility index (Phi) is 6.32. The van der Waals surface area contributed by atoms with Gasteiger partial charge in [0, 0.05) is 41.7 Å². The smallest absolute Gasteiger partial charge is 0.322 e. The van der Waals surface area contributed by atoms with Crippen LogP contribution in [-0.2, 0) is 11.0 Å². The van der Waals surface area contributed by atoms with Crippen LogP contribution in [0.2, 0.25) is 0 Å². The number of benzene rings is 2. The first-order valence-corrected chi connectivity index (χ1v) is 11.9. The van der Waals surface area contributed by atoms with E-state index in [0.717, 1.165) is 24.3 Å². The van der Waals surface area contributed by atoms with Gasteiger partial charge in [0.25, 0.3) is 5.91 Å². The molecule has 39 heavy (non-hydrogen) atoms. The largest absolute Gasteiger partial charge is 0.417 e. The molecule has 11 heteroatoms. The summed E-state index contributed by atoms with van der Waals surface area (Å²) in [6.07, 6.45) is 3.33. The van der Waals surface area contributed by atoms with E-state index in [2.05, 4.69) is 15.3 Å². The third-order valence-corrected chi connectivity index (χ3v) is 6.96. The summed E-state index contributed by atoms with van der Waals surface area (Å²) in [4.78, 5) is 36.3. The number of fused-ring (bicyclic) bond motifs is 1. The van der Waals surface area contributed by atoms with E-state index < -0.39 is 52.1 Å². The maximum absolute atomic E-state index is 13.9. The molecule has 3 aromatic rings. The van der Waals surface area contributed by atoms with Gasteiger partial charge in [0.1, 0.15) is 0 Å². The maximum atomic E-state index is 13.9. The van der Waals surface area contributed by atoms with Crippen molar-refractivity contribution in [2.45, 2.75) is 25.9 Å². The van der Waals surface area contributed by atoms with E-state index in [-0.39, 0.29) is 17.5 Å². The lowest BCUT2D eigenvalue weighted by atomic mass is 9.68. The molecular weight excluding hydrogens is 519 g/mol. The Morgan fingerprint density at radius 1 is 1.03 bits per heavy atom. The van der Waals surface area contributed by atoms with Crippen molar-refractivity contribution in [2.75, 3.05) is 10.2 Å². The van der Waals surface area contributed by atoms with Gasteiger partial charge in [-0.1, -0.05) is 32.1 Å². The molecule has 0 radical (unpaired) electrons. The van der Waals surface area contributed by atoms with Crippen LogP contribution in [0.1, 0.15) is 41.3 Å². The first-order valence-electron chi connectivity index (χ1n) is 11.9. The zero-order chi connectivity index (χ0) is 28.1. The quantitative estimate of drug-likeness (QED) is 0.397. The summed E-state index contributed by atoms with van der Waals surface area (Å²) in [6, 6.07) is 7.30. The topological polar surface area (TPSA) is 75.2 Å². The molecule has 0 saturated carbocycles. The number of anilines is 2. The molecule has 2 unspecified atom stereocenters. The third kappa shape index (κ3) is 4.58. The lowest BCUT2D eigenvalue weighted by Gasteiger charge is -2.32. The molecule has 200 valence electrons. The van der Waals surface area contributed by atoms with Crippen molar-refractivity contribution >= 4 is 23.5 Å². The molecule has 1 aliphatic carbocycles. The van der Waals surface area contributed by atoms with E-state index in [0.29, 0.717) is 17.3 Å². The molecule has 2 atom stereocenters. The monoisotopic (exact) mass is 540 g/mol. The van der Waals surface area contributed by atoms with Crippen molar-refractivity contribution in [2.24, 2.45) is 11.3 Å². The van der Waals surface area contributed by atoms with E-state index in [1.54, 1.807) is 38.1 Å². The second kappa shape index (κ2) is 9.40. The molecule has 2 heterocycles. The van der Waals surface area contributed by atoms with Crippen LogP contribution in [0, 0.1) is 23.0 Å². The Morgan fingerprint density at radius 2 is 1.74 bits per heavy atom. The zero-order valence-electron chi connectivity index (χ0n) is 20.6. The van der Waals surface area contributed by atoms with Crippen LogP contribution < -0.4 is 10.2 Å². The number of halogens is 5. The van der Waals surface area contributed by atoms with Gasteiger partial charge in [0.05, 0.1) is 16.5 Å². The van der Waals surface area contributed by atoms with Crippen LogP contribution in [0.5, 0.6) is 0 Å². The number of hydrogen-bond acceptors (Lipinski definition) is 4. The third-order valence-electron chi connectivity index (χ3n) is 6.96. The van der Waals surface area contributed by atoms with Crippen molar-refractivity contribution in [3.05, 3.63) is 107 Å². The highest BCUT2D eigenvalue weighted by molar-refractivity contribution is 6.06. The van der Waals surface area contributed by atoms with Gasteiger partial charge in [-0.3, -0.25) is 14.5 Å². The number of alkyl halides is 3. The number of carbonyl (C=O) groups is 2. The van der Waals surface area contributed by atoms with Gasteiger partial charge >= 0.3 is 6.18 Å². The summed E-state index contributed by atoms with van der Waals surface area (Å²) in [6.45, 7) is 3.48. The molecule has 1 saturated heterocycles. The van der Waals surface area contributed by atoms with Crippen molar-refractivity contribution in [1.82, 2.24) is 9.97 Å². The molecule has 0 bridgehead atoms. The summed E-state index contributed by atoms with van der Waals surface area (Å²) in [5, 5.41) is 2.21. The molecular formula is C28H21F5N4O2. The molecule has 6 nitrogen and oxygen atoms in total. The lowest BCUT2D eigenvalue weighted by Crippen LogP contribution is -2.33. The fourth-order valence-corrected chi connectivity index (χ4v) is 5.14. The highest BCUT2D eigenvalue weighted by atomic mass is 19.4. The standard InChI is InChI=1S/C28H21F5N4O2/c1-27(2)23-17(5-3-6-22(23)37(25(27)39)26-34-11-4-12-35-26)15-7-9-19(28(31,32)33)18(13-15)24(38)36-16-8-10-20(29)21(30)14-16/h3-14,17,23H,1-2H3,(H,36,38). The predicted octanol–water partition coefficient (Wildman–Crippen LogP) is 6.25. The van der Waals surface area contributed by atoms with E-state index in [4.69, 9.17) is 0 Å². The van der Waals surface area contributed by atoms with Crippen LogP contribution in [0.3, 0.4) is 0 Å². The van der Waals surface area contributed by atoms with Gasteiger partial charge in [-0.15, -0.1) is 0 Å². The van der Waals surface area contributed by atoms with Crippen LogP contribution in [0.25, 0.3) is 0 Å². The highest BCUT2D eigenvalue weighted by Crippen LogP contribution is 2.53. The number of hydrogen-bond donors (Lipinski definition) is 1. The van der Waals surface area contributed by atoms with Gasteiger partial charge < -0.3 is 5.32 Å². The highest BCUT2D eigenvalue weighted by Gasteiger charge is 2.55. The number of carbonyl (C=O) groups excluding carboxylic acids is 2. The summed E-state index contributed by atoms with van der Waals surface area (Å²) in [7, 11) is 0. The predicted molar refractivity (Wildman–Crippen MR) is 133 cm³/mol. The molecule has 1 aromatic heterocycles. The van der Waals surface area contributed by atoms with Gasteiger partial charge in [0.15, 0.2) is 11.6 Å². The molecule has 1 aliphatic heterocycles. The first-order chi connectivity index (χ1) is 18.4. The molecule has 2 aromatic carbocycles. The Bertz CT molecular complexity index is 1530. The number of nitrogens with zero attached hydrogens (tertiary/aromatic N) is 3. The normalized spacial score (nSPS) is 20.0. The van der Waals surface area contributed by atoms with Gasteiger partial charge in [-0.2, -0.15) is 13.2 Å². The van der Waals surface area contributed by atoms with Gasteiger partial charge in [-0.25, -0.2) is 18.7 Å². The van der Waals surface area contributed by atoms with Crippen molar-refractivity contribution in [3.63, 3.8) is 0 Å². The Hall–Kier alpha value is -4.41. The van der Waals surface area contributed by atoms with Crippen molar-refractivity contribution in [1.29, 1.82) is 0 Å². The Labute approximate surface area is 219 Å². The second-order valence-corrected chi connectivity index (χ2v) is 9.78. The molecule has 0 spiro atoms. The summed E-state index contributed by atoms with van der Waals surface area (Å²) in [5.41, 5.74) is -2.14.